The minimum absolute atomic E-state index is 0.0508. The van der Waals surface area contributed by atoms with Gasteiger partial charge in [-0.2, -0.15) is 0 Å². The number of rotatable bonds is 16. The predicted molar refractivity (Wildman–Crippen MR) is 174 cm³/mol. The molecule has 6 N–H and O–H groups in total. The van der Waals surface area contributed by atoms with Gasteiger partial charge in [0.2, 0.25) is 11.7 Å². The third-order valence-corrected chi connectivity index (χ3v) is 7.90. The van der Waals surface area contributed by atoms with Crippen LogP contribution < -0.4 is 27.7 Å². The Bertz CT molecular complexity index is 1610. The van der Waals surface area contributed by atoms with Gasteiger partial charge < -0.3 is 22.1 Å². The summed E-state index contributed by atoms with van der Waals surface area (Å²) >= 11 is 7.83. The van der Waals surface area contributed by atoms with Gasteiger partial charge in [0.05, 0.1) is 11.7 Å². The largest absolute Gasteiger partial charge is 0.370 e. The Balaban J connectivity index is 1.56. The third kappa shape index (κ3) is 9.48. The number of nitrogens with one attached hydrogen (secondary N) is 2. The number of carbonyl (C=O) groups excluding carboxylic acids is 2. The summed E-state index contributed by atoms with van der Waals surface area (Å²) in [5.74, 6) is -0.857. The highest BCUT2D eigenvalue weighted by atomic mass is 35.5. The van der Waals surface area contributed by atoms with Crippen LogP contribution >= 0.6 is 22.9 Å². The summed E-state index contributed by atoms with van der Waals surface area (Å²) in [6, 6.07) is 18.7. The van der Waals surface area contributed by atoms with Gasteiger partial charge in [0, 0.05) is 24.7 Å². The lowest BCUT2D eigenvalue weighted by Crippen LogP contribution is -2.44. The third-order valence-electron chi connectivity index (χ3n) is 6.81. The van der Waals surface area contributed by atoms with E-state index in [1.165, 1.54) is 22.1 Å². The molecule has 0 aliphatic heterocycles. The lowest BCUT2D eigenvalue weighted by atomic mass is 10.1. The molecule has 11 nitrogen and oxygen atoms in total. The van der Waals surface area contributed by atoms with Gasteiger partial charge in [-0.25, -0.2) is 9.97 Å². The van der Waals surface area contributed by atoms with Crippen LogP contribution in [-0.4, -0.2) is 51.3 Å². The van der Waals surface area contributed by atoms with Crippen LogP contribution in [0.3, 0.4) is 0 Å². The highest BCUT2D eigenvalue weighted by molar-refractivity contribution is 7.11. The van der Waals surface area contributed by atoms with E-state index in [-0.39, 0.29) is 40.7 Å². The number of hydrogen-bond donors (Lipinski definition) is 4. The number of aryl methyl sites for hydroxylation is 1. The maximum Gasteiger partial charge on any atom is 0.294 e. The molecule has 0 fully saturated rings. The van der Waals surface area contributed by atoms with Crippen molar-refractivity contribution in [3.05, 3.63) is 110 Å². The standard InChI is InChI=1S/C31H35ClN8O3S/c32-27-24(14-13-21-8-3-1-4-9-21)40(30(43)28(39-27)35-17-15-22-10-5-2-6-11-22)20-25(41)38-23(12-7-16-37-31(33)34)26(42)29-36-18-19-44-29/h1-6,8-11,18-19,23H,7,12-17,20H2,(H,35,39)(H,38,41)(H4,33,34,37)/t23-/m0/s1. The molecule has 0 spiro atoms. The number of amides is 1. The summed E-state index contributed by atoms with van der Waals surface area (Å²) < 4.78 is 1.34. The summed E-state index contributed by atoms with van der Waals surface area (Å²) in [5, 5.41) is 7.97. The van der Waals surface area contributed by atoms with Crippen LogP contribution in [0, 0.1) is 0 Å². The lowest BCUT2D eigenvalue weighted by Gasteiger charge is -2.19. The summed E-state index contributed by atoms with van der Waals surface area (Å²) in [5.41, 5.74) is 12.9. The van der Waals surface area contributed by atoms with Gasteiger partial charge in [-0.05, 0) is 43.2 Å². The molecule has 1 amide bonds. The number of nitrogens with two attached hydrogens (primary N) is 2. The molecule has 4 rings (SSSR count). The fourth-order valence-electron chi connectivity index (χ4n) is 4.62. The number of carbonyl (C=O) groups is 2. The second-order valence-corrected chi connectivity index (χ2v) is 11.3. The fraction of sp³-hybridized carbons (Fsp3) is 0.290. The van der Waals surface area contributed by atoms with Crippen molar-refractivity contribution in [2.24, 2.45) is 16.5 Å². The number of hydrogen-bond acceptors (Lipinski definition) is 8. The second kappa shape index (κ2) is 16.3. The van der Waals surface area contributed by atoms with E-state index in [4.69, 9.17) is 23.1 Å². The topological polar surface area (TPSA) is 170 Å². The minimum atomic E-state index is -0.882. The number of halogens is 1. The molecule has 13 heteroatoms. The number of Topliss-reactive ketones (excluding diaryl/α,β-unsaturated/α-hetero) is 1. The van der Waals surface area contributed by atoms with Crippen molar-refractivity contribution in [1.82, 2.24) is 19.9 Å². The summed E-state index contributed by atoms with van der Waals surface area (Å²) in [4.78, 5) is 52.8. The molecule has 0 aliphatic rings. The molecule has 0 aliphatic carbocycles. The zero-order chi connectivity index (χ0) is 31.3. The van der Waals surface area contributed by atoms with Crippen molar-refractivity contribution >= 4 is 46.4 Å². The first kappa shape index (κ1) is 32.4. The summed E-state index contributed by atoms with van der Waals surface area (Å²) in [7, 11) is 0. The van der Waals surface area contributed by atoms with Crippen molar-refractivity contribution in [2.75, 3.05) is 18.4 Å². The Morgan fingerprint density at radius 2 is 1.68 bits per heavy atom. The normalized spacial score (nSPS) is 11.5. The first-order valence-corrected chi connectivity index (χ1v) is 15.5. The van der Waals surface area contributed by atoms with E-state index in [2.05, 4.69) is 25.6 Å². The molecule has 0 unspecified atom stereocenters. The molecular formula is C31H35ClN8O3S. The number of thiazole rings is 1. The number of guanidine groups is 1. The molecule has 0 radical (unpaired) electrons. The van der Waals surface area contributed by atoms with Crippen LogP contribution in [0.2, 0.25) is 5.15 Å². The molecule has 2 heterocycles. The maximum atomic E-state index is 13.7. The van der Waals surface area contributed by atoms with Gasteiger partial charge in [-0.15, -0.1) is 11.3 Å². The molecule has 230 valence electrons. The van der Waals surface area contributed by atoms with E-state index in [0.29, 0.717) is 44.5 Å². The summed E-state index contributed by atoms with van der Waals surface area (Å²) in [6.45, 7) is 0.382. The quantitative estimate of drug-likeness (QED) is 0.0630. The molecule has 44 heavy (non-hydrogen) atoms. The minimum Gasteiger partial charge on any atom is -0.370 e. The molecule has 0 saturated carbocycles. The van der Waals surface area contributed by atoms with Crippen LogP contribution in [0.5, 0.6) is 0 Å². The van der Waals surface area contributed by atoms with E-state index in [9.17, 15) is 14.4 Å². The molecule has 2 aromatic carbocycles. The number of nitrogens with zero attached hydrogens (tertiary/aromatic N) is 4. The number of anilines is 1. The molecule has 0 saturated heterocycles. The van der Waals surface area contributed by atoms with Gasteiger partial charge in [0.25, 0.3) is 5.56 Å². The van der Waals surface area contributed by atoms with Gasteiger partial charge >= 0.3 is 0 Å². The highest BCUT2D eigenvalue weighted by Crippen LogP contribution is 2.18. The van der Waals surface area contributed by atoms with Crippen molar-refractivity contribution in [3.63, 3.8) is 0 Å². The van der Waals surface area contributed by atoms with Crippen LogP contribution in [0.15, 0.2) is 82.0 Å². The number of aliphatic imine (C=N–C) groups is 1. The van der Waals surface area contributed by atoms with Crippen molar-refractivity contribution in [1.29, 1.82) is 0 Å². The van der Waals surface area contributed by atoms with Gasteiger partial charge in [0.1, 0.15) is 6.54 Å². The Morgan fingerprint density at radius 1 is 1.00 bits per heavy atom. The Labute approximate surface area is 264 Å². The Morgan fingerprint density at radius 3 is 2.32 bits per heavy atom. The SMILES string of the molecule is NC(N)=NCCC[C@H](NC(=O)Cn1c(CCc2ccccc2)c(Cl)nc(NCCc2ccccc2)c1=O)C(=O)c1nccs1. The first-order chi connectivity index (χ1) is 21.3. The molecule has 2 aromatic heterocycles. The molecular weight excluding hydrogens is 600 g/mol. The van der Waals surface area contributed by atoms with Crippen molar-refractivity contribution in [3.8, 4) is 0 Å². The number of benzene rings is 2. The lowest BCUT2D eigenvalue weighted by molar-refractivity contribution is -0.122. The Kier molecular flexibility index (Phi) is 12.0. The van der Waals surface area contributed by atoms with Crippen molar-refractivity contribution < 1.29 is 9.59 Å². The molecule has 0 bridgehead atoms. The van der Waals surface area contributed by atoms with Crippen LogP contribution in [-0.2, 0) is 30.6 Å². The van der Waals surface area contributed by atoms with E-state index < -0.39 is 17.5 Å². The zero-order valence-corrected chi connectivity index (χ0v) is 25.7. The molecule has 1 atom stereocenters. The number of aromatic nitrogens is 3. The average Bonchev–Trinajstić information content (AvgIpc) is 3.56. The second-order valence-electron chi connectivity index (χ2n) is 10.0. The highest BCUT2D eigenvalue weighted by Gasteiger charge is 2.25. The van der Waals surface area contributed by atoms with E-state index >= 15 is 0 Å². The monoisotopic (exact) mass is 634 g/mol. The predicted octanol–water partition coefficient (Wildman–Crippen LogP) is 3.21. The summed E-state index contributed by atoms with van der Waals surface area (Å²) in [6.07, 6.45) is 3.87. The van der Waals surface area contributed by atoms with Gasteiger partial charge in [0.15, 0.2) is 21.9 Å². The van der Waals surface area contributed by atoms with E-state index in [0.717, 1.165) is 11.1 Å². The fourth-order valence-corrected chi connectivity index (χ4v) is 5.53. The van der Waals surface area contributed by atoms with Crippen LogP contribution in [0.25, 0.3) is 0 Å². The van der Waals surface area contributed by atoms with Crippen molar-refractivity contribution in [2.45, 2.75) is 44.7 Å². The van der Waals surface area contributed by atoms with Gasteiger partial charge in [-0.1, -0.05) is 72.3 Å². The van der Waals surface area contributed by atoms with Crippen LogP contribution in [0.1, 0.15) is 39.5 Å². The number of ketones is 1. The smallest absolute Gasteiger partial charge is 0.294 e. The zero-order valence-electron chi connectivity index (χ0n) is 24.1. The van der Waals surface area contributed by atoms with E-state index in [1.807, 2.05) is 60.7 Å². The van der Waals surface area contributed by atoms with Crippen LogP contribution in [0.4, 0.5) is 5.82 Å². The van der Waals surface area contributed by atoms with E-state index in [1.54, 1.807) is 5.38 Å². The Hall–Kier alpha value is -4.55. The average molecular weight is 635 g/mol. The maximum absolute atomic E-state index is 13.7. The van der Waals surface area contributed by atoms with Gasteiger partial charge in [-0.3, -0.25) is 23.9 Å². The molecule has 4 aromatic rings. The first-order valence-electron chi connectivity index (χ1n) is 14.2.